The van der Waals surface area contributed by atoms with Crippen LogP contribution in [0.2, 0.25) is 0 Å². The maximum atomic E-state index is 5.56. The highest BCUT2D eigenvalue weighted by Gasteiger charge is 2.17. The molecule has 0 bridgehead atoms. The Labute approximate surface area is 122 Å². The summed E-state index contributed by atoms with van der Waals surface area (Å²) in [5, 5.41) is 3.59. The largest absolute Gasteiger partial charge is 0.493 e. The highest BCUT2D eigenvalue weighted by molar-refractivity contribution is 5.39. The molecule has 1 aliphatic rings. The molecule has 0 saturated carbocycles. The molecule has 1 N–H and O–H groups in total. The number of fused-ring (bicyclic) bond motifs is 1. The smallest absolute Gasteiger partial charge is 0.122 e. The van der Waals surface area contributed by atoms with Crippen molar-refractivity contribution in [1.82, 2.24) is 5.32 Å². The first-order valence-electron chi connectivity index (χ1n) is 7.75. The van der Waals surface area contributed by atoms with Gasteiger partial charge in [0.1, 0.15) is 5.75 Å². The number of methoxy groups -OCH3 is 1. The van der Waals surface area contributed by atoms with E-state index in [-0.39, 0.29) is 6.10 Å². The zero-order valence-electron chi connectivity index (χ0n) is 12.9. The molecule has 0 saturated heterocycles. The minimum absolute atomic E-state index is 0.249. The van der Waals surface area contributed by atoms with Gasteiger partial charge in [-0.1, -0.05) is 19.1 Å². The van der Waals surface area contributed by atoms with Crippen LogP contribution in [0.4, 0.5) is 0 Å². The van der Waals surface area contributed by atoms with Gasteiger partial charge in [-0.3, -0.25) is 0 Å². The van der Waals surface area contributed by atoms with Crippen molar-refractivity contribution < 1.29 is 9.47 Å². The van der Waals surface area contributed by atoms with E-state index in [4.69, 9.17) is 9.47 Å². The Morgan fingerprint density at radius 1 is 1.40 bits per heavy atom. The molecule has 0 amide bonds. The van der Waals surface area contributed by atoms with Crippen molar-refractivity contribution in [1.29, 1.82) is 0 Å². The highest BCUT2D eigenvalue weighted by Crippen LogP contribution is 2.26. The van der Waals surface area contributed by atoms with Gasteiger partial charge in [0.15, 0.2) is 0 Å². The third-order valence-electron chi connectivity index (χ3n) is 4.09. The van der Waals surface area contributed by atoms with Gasteiger partial charge in [0, 0.05) is 19.6 Å². The first-order chi connectivity index (χ1) is 9.74. The van der Waals surface area contributed by atoms with Gasteiger partial charge in [-0.15, -0.1) is 0 Å². The standard InChI is InChI=1S/C17H27NO2/c1-4-10-18-16(13(2)19-3)7-5-14-6-8-17-15(12-14)9-11-20-17/h6,8,12-13,16,18H,4-5,7,9-11H2,1-3H3. The van der Waals surface area contributed by atoms with Crippen LogP contribution in [0.1, 0.15) is 37.8 Å². The molecule has 0 radical (unpaired) electrons. The zero-order chi connectivity index (χ0) is 14.4. The maximum absolute atomic E-state index is 5.56. The van der Waals surface area contributed by atoms with E-state index in [9.17, 15) is 0 Å². The summed E-state index contributed by atoms with van der Waals surface area (Å²) in [5.41, 5.74) is 2.77. The number of nitrogens with one attached hydrogen (secondary N) is 1. The number of ether oxygens (including phenoxy) is 2. The van der Waals surface area contributed by atoms with E-state index in [1.54, 1.807) is 7.11 Å². The Kier molecular flexibility index (Phi) is 5.86. The molecule has 0 aliphatic carbocycles. The average molecular weight is 277 g/mol. The van der Waals surface area contributed by atoms with Gasteiger partial charge in [-0.2, -0.15) is 0 Å². The minimum Gasteiger partial charge on any atom is -0.493 e. The predicted octanol–water partition coefficient (Wildman–Crippen LogP) is 2.96. The van der Waals surface area contributed by atoms with Crippen molar-refractivity contribution in [2.75, 3.05) is 20.3 Å². The lowest BCUT2D eigenvalue weighted by atomic mass is 9.99. The molecule has 3 heteroatoms. The van der Waals surface area contributed by atoms with Crippen LogP contribution in [0.3, 0.4) is 0 Å². The first kappa shape index (κ1) is 15.3. The van der Waals surface area contributed by atoms with Gasteiger partial charge in [-0.25, -0.2) is 0 Å². The molecular weight excluding hydrogens is 250 g/mol. The monoisotopic (exact) mass is 277 g/mol. The second-order valence-electron chi connectivity index (χ2n) is 5.58. The van der Waals surface area contributed by atoms with Crippen LogP contribution in [0.15, 0.2) is 18.2 Å². The molecule has 1 aliphatic heterocycles. The van der Waals surface area contributed by atoms with Crippen LogP contribution < -0.4 is 10.1 Å². The molecule has 2 unspecified atom stereocenters. The molecule has 0 fully saturated rings. The molecular formula is C17H27NO2. The average Bonchev–Trinajstić information content (AvgIpc) is 2.94. The van der Waals surface area contributed by atoms with Gasteiger partial charge in [-0.05, 0) is 49.9 Å². The summed E-state index contributed by atoms with van der Waals surface area (Å²) in [4.78, 5) is 0. The molecule has 20 heavy (non-hydrogen) atoms. The molecule has 0 aromatic heterocycles. The molecule has 2 rings (SSSR count). The predicted molar refractivity (Wildman–Crippen MR) is 82.5 cm³/mol. The second kappa shape index (κ2) is 7.65. The summed E-state index contributed by atoms with van der Waals surface area (Å²) in [6.07, 6.45) is 4.65. The van der Waals surface area contributed by atoms with Crippen LogP contribution in [0.25, 0.3) is 0 Å². The second-order valence-corrected chi connectivity index (χ2v) is 5.58. The van der Waals surface area contributed by atoms with Crippen molar-refractivity contribution in [3.8, 4) is 5.75 Å². The molecule has 1 aromatic rings. The lowest BCUT2D eigenvalue weighted by Gasteiger charge is -2.24. The Hall–Kier alpha value is -1.06. The SMILES string of the molecule is CCCNC(CCc1ccc2c(c1)CCO2)C(C)OC. The Morgan fingerprint density at radius 2 is 2.25 bits per heavy atom. The van der Waals surface area contributed by atoms with Gasteiger partial charge >= 0.3 is 0 Å². The Morgan fingerprint density at radius 3 is 3.00 bits per heavy atom. The lowest BCUT2D eigenvalue weighted by molar-refractivity contribution is 0.0802. The van der Waals surface area contributed by atoms with Crippen LogP contribution in [-0.2, 0) is 17.6 Å². The normalized spacial score (nSPS) is 16.6. The van der Waals surface area contributed by atoms with Crippen molar-refractivity contribution in [2.24, 2.45) is 0 Å². The Balaban J connectivity index is 1.91. The third-order valence-corrected chi connectivity index (χ3v) is 4.09. The van der Waals surface area contributed by atoms with E-state index in [0.717, 1.165) is 44.6 Å². The van der Waals surface area contributed by atoms with E-state index in [2.05, 4.69) is 37.4 Å². The first-order valence-corrected chi connectivity index (χ1v) is 7.75. The van der Waals surface area contributed by atoms with Crippen LogP contribution in [0.5, 0.6) is 5.75 Å². The fraction of sp³-hybridized carbons (Fsp3) is 0.647. The van der Waals surface area contributed by atoms with Crippen molar-refractivity contribution in [2.45, 2.75) is 51.7 Å². The van der Waals surface area contributed by atoms with Gasteiger partial charge in [0.05, 0.1) is 12.7 Å². The molecule has 3 nitrogen and oxygen atoms in total. The minimum atomic E-state index is 0.249. The molecule has 112 valence electrons. The van der Waals surface area contributed by atoms with Gasteiger partial charge < -0.3 is 14.8 Å². The summed E-state index contributed by atoms with van der Waals surface area (Å²) in [6.45, 7) is 6.22. The number of rotatable bonds is 8. The fourth-order valence-electron chi connectivity index (χ4n) is 2.71. The summed E-state index contributed by atoms with van der Waals surface area (Å²) < 4.78 is 11.0. The van der Waals surface area contributed by atoms with Crippen molar-refractivity contribution >= 4 is 0 Å². The maximum Gasteiger partial charge on any atom is 0.122 e. The zero-order valence-corrected chi connectivity index (χ0v) is 12.9. The van der Waals surface area contributed by atoms with Crippen LogP contribution in [0, 0.1) is 0 Å². The number of hydrogen-bond acceptors (Lipinski definition) is 3. The Bertz CT molecular complexity index is 419. The van der Waals surface area contributed by atoms with E-state index < -0.39 is 0 Å². The summed E-state index contributed by atoms with van der Waals surface area (Å²) in [5.74, 6) is 1.07. The van der Waals surface area contributed by atoms with Crippen LogP contribution >= 0.6 is 0 Å². The lowest BCUT2D eigenvalue weighted by Crippen LogP contribution is -2.40. The van der Waals surface area contributed by atoms with Crippen molar-refractivity contribution in [3.63, 3.8) is 0 Å². The molecule has 1 aromatic carbocycles. The third kappa shape index (κ3) is 3.97. The molecule has 0 spiro atoms. The summed E-state index contributed by atoms with van der Waals surface area (Å²) >= 11 is 0. The fourth-order valence-corrected chi connectivity index (χ4v) is 2.71. The molecule has 1 heterocycles. The number of benzene rings is 1. The number of aryl methyl sites for hydroxylation is 1. The van der Waals surface area contributed by atoms with Crippen molar-refractivity contribution in [3.05, 3.63) is 29.3 Å². The van der Waals surface area contributed by atoms with Crippen LogP contribution in [-0.4, -0.2) is 32.4 Å². The van der Waals surface area contributed by atoms with E-state index >= 15 is 0 Å². The van der Waals surface area contributed by atoms with E-state index in [1.807, 2.05) is 0 Å². The number of hydrogen-bond donors (Lipinski definition) is 1. The highest BCUT2D eigenvalue weighted by atomic mass is 16.5. The summed E-state index contributed by atoms with van der Waals surface area (Å²) in [6, 6.07) is 7.03. The summed E-state index contributed by atoms with van der Waals surface area (Å²) in [7, 11) is 1.79. The van der Waals surface area contributed by atoms with E-state index in [0.29, 0.717) is 6.04 Å². The topological polar surface area (TPSA) is 30.5 Å². The molecule has 2 atom stereocenters. The van der Waals surface area contributed by atoms with Gasteiger partial charge in [0.25, 0.3) is 0 Å². The quantitative estimate of drug-likeness (QED) is 0.792. The van der Waals surface area contributed by atoms with E-state index in [1.165, 1.54) is 11.1 Å². The van der Waals surface area contributed by atoms with Gasteiger partial charge in [0.2, 0.25) is 0 Å².